The molecule has 3 N–H and O–H groups in total. The van der Waals surface area contributed by atoms with E-state index in [0.717, 1.165) is 0 Å². The molecule has 1 aliphatic rings. The van der Waals surface area contributed by atoms with Crippen LogP contribution in [0.4, 0.5) is 11.4 Å². The molecule has 110 valence electrons. The van der Waals surface area contributed by atoms with Gasteiger partial charge < -0.3 is 20.4 Å². The van der Waals surface area contributed by atoms with Gasteiger partial charge in [0.2, 0.25) is 5.91 Å². The maximum atomic E-state index is 12.4. The SMILES string of the molecule is CCC1Nc2cc(Cl)c(Cl)cc2N(CC(O)CO)C1=O. The molecular formula is C13H16Cl2N2O3. The molecule has 0 saturated carbocycles. The fraction of sp³-hybridized carbons (Fsp3) is 0.462. The number of benzene rings is 1. The van der Waals surface area contributed by atoms with Crippen LogP contribution < -0.4 is 10.2 Å². The molecule has 2 atom stereocenters. The highest BCUT2D eigenvalue weighted by Gasteiger charge is 2.33. The van der Waals surface area contributed by atoms with Gasteiger partial charge in [-0.2, -0.15) is 0 Å². The zero-order valence-corrected chi connectivity index (χ0v) is 12.4. The highest BCUT2D eigenvalue weighted by Crippen LogP contribution is 2.38. The lowest BCUT2D eigenvalue weighted by Crippen LogP contribution is -2.50. The third-order valence-corrected chi connectivity index (χ3v) is 3.96. The van der Waals surface area contributed by atoms with Crippen molar-refractivity contribution in [2.45, 2.75) is 25.5 Å². The summed E-state index contributed by atoms with van der Waals surface area (Å²) < 4.78 is 0. The Hall–Kier alpha value is -1.01. The first-order valence-electron chi connectivity index (χ1n) is 6.33. The number of aliphatic hydroxyl groups excluding tert-OH is 2. The van der Waals surface area contributed by atoms with Crippen LogP contribution >= 0.6 is 23.2 Å². The average Bonchev–Trinajstić information content (AvgIpc) is 2.43. The van der Waals surface area contributed by atoms with E-state index < -0.39 is 12.7 Å². The molecular weight excluding hydrogens is 303 g/mol. The molecule has 2 unspecified atom stereocenters. The Bertz CT molecular complexity index is 525. The van der Waals surface area contributed by atoms with Gasteiger partial charge in [-0.25, -0.2) is 0 Å². The van der Waals surface area contributed by atoms with Gasteiger partial charge in [-0.3, -0.25) is 4.79 Å². The van der Waals surface area contributed by atoms with E-state index in [1.54, 1.807) is 12.1 Å². The first kappa shape index (κ1) is 15.4. The van der Waals surface area contributed by atoms with E-state index in [1.165, 1.54) is 4.90 Å². The van der Waals surface area contributed by atoms with Crippen LogP contribution in [-0.2, 0) is 4.79 Å². The van der Waals surface area contributed by atoms with Gasteiger partial charge in [-0.05, 0) is 18.6 Å². The number of carbonyl (C=O) groups is 1. The van der Waals surface area contributed by atoms with E-state index in [4.69, 9.17) is 28.3 Å². The maximum Gasteiger partial charge on any atom is 0.249 e. The summed E-state index contributed by atoms with van der Waals surface area (Å²) in [4.78, 5) is 13.8. The van der Waals surface area contributed by atoms with E-state index in [9.17, 15) is 9.90 Å². The van der Waals surface area contributed by atoms with Crippen molar-refractivity contribution in [2.24, 2.45) is 0 Å². The Labute approximate surface area is 127 Å². The van der Waals surface area contributed by atoms with Crippen LogP contribution in [-0.4, -0.2) is 41.4 Å². The number of hydrogen-bond donors (Lipinski definition) is 3. The van der Waals surface area contributed by atoms with Crippen LogP contribution in [0.2, 0.25) is 10.0 Å². The Morgan fingerprint density at radius 1 is 1.40 bits per heavy atom. The van der Waals surface area contributed by atoms with Crippen molar-refractivity contribution in [2.75, 3.05) is 23.4 Å². The van der Waals surface area contributed by atoms with Gasteiger partial charge in [0.15, 0.2) is 0 Å². The number of amides is 1. The van der Waals surface area contributed by atoms with Gasteiger partial charge in [-0.15, -0.1) is 0 Å². The van der Waals surface area contributed by atoms with Gasteiger partial charge in [0.25, 0.3) is 0 Å². The van der Waals surface area contributed by atoms with Crippen LogP contribution in [0.3, 0.4) is 0 Å². The molecule has 20 heavy (non-hydrogen) atoms. The van der Waals surface area contributed by atoms with Crippen molar-refractivity contribution in [3.8, 4) is 0 Å². The van der Waals surface area contributed by atoms with Crippen LogP contribution in [0.1, 0.15) is 13.3 Å². The molecule has 7 heteroatoms. The number of rotatable bonds is 4. The predicted octanol–water partition coefficient (Wildman–Crippen LogP) is 1.88. The van der Waals surface area contributed by atoms with Crippen molar-refractivity contribution in [1.82, 2.24) is 0 Å². The molecule has 1 heterocycles. The first-order valence-corrected chi connectivity index (χ1v) is 7.09. The van der Waals surface area contributed by atoms with Crippen molar-refractivity contribution in [1.29, 1.82) is 0 Å². The summed E-state index contributed by atoms with van der Waals surface area (Å²) in [6, 6.07) is 2.86. The quantitative estimate of drug-likeness (QED) is 0.792. The van der Waals surface area contributed by atoms with Crippen molar-refractivity contribution in [3.05, 3.63) is 22.2 Å². The van der Waals surface area contributed by atoms with E-state index in [2.05, 4.69) is 5.32 Å². The molecule has 0 aliphatic carbocycles. The zero-order chi connectivity index (χ0) is 14.9. The number of β-amino-alcohol motifs (C(OH)–C–C–N with tert-alkyl or cyclic N) is 1. The highest BCUT2D eigenvalue weighted by atomic mass is 35.5. The van der Waals surface area contributed by atoms with Crippen LogP contribution in [0.25, 0.3) is 0 Å². The minimum atomic E-state index is -1.00. The third-order valence-electron chi connectivity index (χ3n) is 3.24. The molecule has 0 aromatic heterocycles. The Kier molecular flexibility index (Phi) is 4.75. The molecule has 0 spiro atoms. The van der Waals surface area contributed by atoms with Crippen molar-refractivity contribution in [3.63, 3.8) is 0 Å². The topological polar surface area (TPSA) is 72.8 Å². The van der Waals surface area contributed by atoms with Crippen LogP contribution in [0, 0.1) is 0 Å². The summed E-state index contributed by atoms with van der Waals surface area (Å²) in [7, 11) is 0. The van der Waals surface area contributed by atoms with Gasteiger partial charge in [0.05, 0.1) is 40.7 Å². The maximum absolute atomic E-state index is 12.4. The van der Waals surface area contributed by atoms with Crippen molar-refractivity contribution < 1.29 is 15.0 Å². The summed E-state index contributed by atoms with van der Waals surface area (Å²) in [5.74, 6) is -0.161. The third kappa shape index (κ3) is 2.86. The van der Waals surface area contributed by atoms with Crippen LogP contribution in [0.5, 0.6) is 0 Å². The fourth-order valence-corrected chi connectivity index (χ4v) is 2.49. The molecule has 1 amide bonds. The zero-order valence-electron chi connectivity index (χ0n) is 10.9. The number of carbonyl (C=O) groups excluding carboxylic acids is 1. The Morgan fingerprint density at radius 3 is 2.65 bits per heavy atom. The lowest BCUT2D eigenvalue weighted by molar-refractivity contribution is -0.120. The summed E-state index contributed by atoms with van der Waals surface area (Å²) >= 11 is 12.0. The normalized spacial score (nSPS) is 19.6. The van der Waals surface area contributed by atoms with Gasteiger partial charge in [-0.1, -0.05) is 30.1 Å². The molecule has 1 aliphatic heterocycles. The molecule has 1 aromatic carbocycles. The fourth-order valence-electron chi connectivity index (χ4n) is 2.17. The number of nitrogens with one attached hydrogen (secondary N) is 1. The van der Waals surface area contributed by atoms with E-state index in [1.807, 2.05) is 6.92 Å². The molecule has 0 bridgehead atoms. The average molecular weight is 319 g/mol. The highest BCUT2D eigenvalue weighted by molar-refractivity contribution is 6.42. The standard InChI is InChI=1S/C13H16Cl2N2O3/c1-2-10-13(20)17(5-7(19)6-18)12-4-9(15)8(14)3-11(12)16-10/h3-4,7,10,16,18-19H,2,5-6H2,1H3. The number of hydrogen-bond acceptors (Lipinski definition) is 4. The van der Waals surface area contributed by atoms with Gasteiger partial charge in [0.1, 0.15) is 6.04 Å². The first-order chi connectivity index (χ1) is 9.47. The van der Waals surface area contributed by atoms with E-state index in [0.29, 0.717) is 27.8 Å². The van der Waals surface area contributed by atoms with Gasteiger partial charge in [0, 0.05) is 0 Å². The molecule has 5 nitrogen and oxygen atoms in total. The summed E-state index contributed by atoms with van der Waals surface area (Å²) in [5.41, 5.74) is 1.25. The number of halogens is 2. The van der Waals surface area contributed by atoms with Crippen molar-refractivity contribution >= 4 is 40.5 Å². The molecule has 0 fully saturated rings. The smallest absolute Gasteiger partial charge is 0.249 e. The number of fused-ring (bicyclic) bond motifs is 1. The summed E-state index contributed by atoms with van der Waals surface area (Å²) in [5, 5.41) is 22.4. The minimum absolute atomic E-state index is 0.0124. The second-order valence-corrected chi connectivity index (χ2v) is 5.49. The number of nitrogens with zero attached hydrogens (tertiary/aromatic N) is 1. The second kappa shape index (κ2) is 6.18. The molecule has 0 radical (unpaired) electrons. The second-order valence-electron chi connectivity index (χ2n) is 4.67. The minimum Gasteiger partial charge on any atom is -0.394 e. The lowest BCUT2D eigenvalue weighted by Gasteiger charge is -2.36. The van der Waals surface area contributed by atoms with E-state index in [-0.39, 0.29) is 18.5 Å². The van der Waals surface area contributed by atoms with Gasteiger partial charge >= 0.3 is 0 Å². The van der Waals surface area contributed by atoms with Crippen LogP contribution in [0.15, 0.2) is 12.1 Å². The molecule has 2 rings (SSSR count). The summed E-state index contributed by atoms with van der Waals surface area (Å²) in [6.45, 7) is 1.49. The number of anilines is 2. The lowest BCUT2D eigenvalue weighted by atomic mass is 10.1. The molecule has 0 saturated heterocycles. The predicted molar refractivity (Wildman–Crippen MR) is 79.6 cm³/mol. The number of aliphatic hydroxyl groups is 2. The Balaban J connectivity index is 2.44. The largest absolute Gasteiger partial charge is 0.394 e. The summed E-state index contributed by atoms with van der Waals surface area (Å²) in [6.07, 6.45) is -0.401. The monoisotopic (exact) mass is 318 g/mol. The Morgan fingerprint density at radius 2 is 2.05 bits per heavy atom. The van der Waals surface area contributed by atoms with E-state index >= 15 is 0 Å². The molecule has 1 aromatic rings.